The smallest absolute Gasteiger partial charge is 0.00215 e. The van der Waals surface area contributed by atoms with Crippen LogP contribution in [0.2, 0.25) is 0 Å². The maximum absolute atomic E-state index is 5.78. The molecule has 5 rings (SSSR count). The highest BCUT2D eigenvalue weighted by molar-refractivity contribution is 7.80. The zero-order valence-corrected chi connectivity index (χ0v) is 19.8. The van der Waals surface area contributed by atoms with Gasteiger partial charge in [-0.15, -0.1) is 0 Å². The SMILES string of the molecule is C=C(c1ccccc1/C=C\N)c1c(P(c2ccccc2)c2ccccc2)ccc2ccccc12. The lowest BCUT2D eigenvalue weighted by atomic mass is 9.91. The molecule has 1 nitrogen and oxygen atoms in total. The second kappa shape index (κ2) is 9.91. The minimum absolute atomic E-state index is 0.784. The van der Waals surface area contributed by atoms with Crippen molar-refractivity contribution in [3.05, 3.63) is 151 Å². The first-order valence-electron chi connectivity index (χ1n) is 11.4. The summed E-state index contributed by atoms with van der Waals surface area (Å²) in [4.78, 5) is 0. The van der Waals surface area contributed by atoms with Crippen LogP contribution in [0.4, 0.5) is 0 Å². The molecule has 164 valence electrons. The van der Waals surface area contributed by atoms with Gasteiger partial charge in [0.05, 0.1) is 0 Å². The van der Waals surface area contributed by atoms with Crippen LogP contribution in [0.15, 0.2) is 134 Å². The van der Waals surface area contributed by atoms with Gasteiger partial charge in [0.15, 0.2) is 0 Å². The Morgan fingerprint density at radius 3 is 1.91 bits per heavy atom. The third-order valence-electron chi connectivity index (χ3n) is 6.04. The first-order chi connectivity index (χ1) is 16.8. The van der Waals surface area contributed by atoms with Crippen LogP contribution in [0.3, 0.4) is 0 Å². The first-order valence-corrected chi connectivity index (χ1v) is 12.7. The predicted molar refractivity (Wildman–Crippen MR) is 150 cm³/mol. The van der Waals surface area contributed by atoms with Crippen LogP contribution in [0.1, 0.15) is 16.7 Å². The van der Waals surface area contributed by atoms with E-state index in [1.807, 2.05) is 12.1 Å². The summed E-state index contributed by atoms with van der Waals surface area (Å²) in [5.41, 5.74) is 10.2. The molecule has 0 amide bonds. The monoisotopic (exact) mass is 455 g/mol. The third-order valence-corrected chi connectivity index (χ3v) is 8.52. The molecule has 0 unspecified atom stereocenters. The zero-order valence-electron chi connectivity index (χ0n) is 18.9. The van der Waals surface area contributed by atoms with Crippen molar-refractivity contribution in [2.45, 2.75) is 0 Å². The number of rotatable bonds is 6. The largest absolute Gasteiger partial charge is 0.405 e. The molecule has 2 N–H and O–H groups in total. The minimum Gasteiger partial charge on any atom is -0.405 e. The number of fused-ring (bicyclic) bond motifs is 1. The second-order valence-corrected chi connectivity index (χ2v) is 10.3. The highest BCUT2D eigenvalue weighted by Crippen LogP contribution is 2.40. The van der Waals surface area contributed by atoms with Crippen molar-refractivity contribution in [3.8, 4) is 0 Å². The lowest BCUT2D eigenvalue weighted by Gasteiger charge is -2.25. The van der Waals surface area contributed by atoms with Crippen molar-refractivity contribution in [2.75, 3.05) is 0 Å². The van der Waals surface area contributed by atoms with Crippen LogP contribution in [0.5, 0.6) is 0 Å². The summed E-state index contributed by atoms with van der Waals surface area (Å²) < 4.78 is 0. The summed E-state index contributed by atoms with van der Waals surface area (Å²) in [7, 11) is -0.784. The average molecular weight is 456 g/mol. The fraction of sp³-hybridized carbons (Fsp3) is 0. The molecule has 0 aliphatic carbocycles. The van der Waals surface area contributed by atoms with Crippen LogP contribution in [-0.2, 0) is 0 Å². The van der Waals surface area contributed by atoms with E-state index in [1.54, 1.807) is 6.20 Å². The molecule has 0 spiro atoms. The van der Waals surface area contributed by atoms with Crippen LogP contribution in [-0.4, -0.2) is 0 Å². The van der Waals surface area contributed by atoms with Gasteiger partial charge in [0.2, 0.25) is 0 Å². The summed E-state index contributed by atoms with van der Waals surface area (Å²) in [6.45, 7) is 4.65. The molecule has 34 heavy (non-hydrogen) atoms. The highest BCUT2D eigenvalue weighted by Gasteiger charge is 2.23. The van der Waals surface area contributed by atoms with E-state index in [1.165, 1.54) is 32.2 Å². The maximum Gasteiger partial charge on any atom is -0.00215 e. The van der Waals surface area contributed by atoms with Crippen molar-refractivity contribution in [1.29, 1.82) is 0 Å². The molecule has 0 saturated carbocycles. The van der Waals surface area contributed by atoms with E-state index < -0.39 is 7.92 Å². The van der Waals surface area contributed by atoms with Gasteiger partial charge in [-0.05, 0) is 69.1 Å². The van der Waals surface area contributed by atoms with Crippen LogP contribution < -0.4 is 21.6 Å². The molecule has 0 atom stereocenters. The summed E-state index contributed by atoms with van der Waals surface area (Å²) >= 11 is 0. The van der Waals surface area contributed by atoms with Gasteiger partial charge in [-0.3, -0.25) is 0 Å². The van der Waals surface area contributed by atoms with E-state index in [4.69, 9.17) is 5.73 Å². The Morgan fingerprint density at radius 1 is 0.647 bits per heavy atom. The molecule has 0 saturated heterocycles. The number of benzene rings is 5. The van der Waals surface area contributed by atoms with E-state index in [9.17, 15) is 0 Å². The van der Waals surface area contributed by atoms with Crippen LogP contribution in [0.25, 0.3) is 22.4 Å². The van der Waals surface area contributed by atoms with Gasteiger partial charge in [-0.2, -0.15) is 0 Å². The van der Waals surface area contributed by atoms with Gasteiger partial charge < -0.3 is 5.73 Å². The second-order valence-electron chi connectivity index (χ2n) is 8.11. The Labute approximate surface area is 202 Å². The molecule has 2 heteroatoms. The van der Waals surface area contributed by atoms with E-state index in [-0.39, 0.29) is 0 Å². The van der Waals surface area contributed by atoms with E-state index in [0.717, 1.165) is 16.7 Å². The van der Waals surface area contributed by atoms with Crippen molar-refractivity contribution < 1.29 is 0 Å². The normalized spacial score (nSPS) is 11.3. The molecule has 0 radical (unpaired) electrons. The van der Waals surface area contributed by atoms with Gasteiger partial charge in [0.25, 0.3) is 0 Å². The summed E-state index contributed by atoms with van der Waals surface area (Å²) in [6, 6.07) is 43.1. The Hall–Kier alpha value is -3.93. The topological polar surface area (TPSA) is 26.0 Å². The maximum atomic E-state index is 5.78. The van der Waals surface area contributed by atoms with E-state index >= 15 is 0 Å². The molecular formula is C32H26NP. The van der Waals surface area contributed by atoms with Crippen LogP contribution >= 0.6 is 7.92 Å². The lowest BCUT2D eigenvalue weighted by molar-refractivity contribution is 1.54. The van der Waals surface area contributed by atoms with Crippen LogP contribution in [0, 0.1) is 0 Å². The molecule has 0 aliphatic rings. The Kier molecular flexibility index (Phi) is 6.38. The zero-order chi connectivity index (χ0) is 23.3. The highest BCUT2D eigenvalue weighted by atomic mass is 31.1. The van der Waals surface area contributed by atoms with Gasteiger partial charge in [0, 0.05) is 0 Å². The molecule has 0 fully saturated rings. The van der Waals surface area contributed by atoms with E-state index in [0.29, 0.717) is 0 Å². The standard InChI is InChI=1S/C32H26NP/c1-24(29-18-10-8-13-26(29)22-23-33)32-30-19-11-9-12-25(30)20-21-31(32)34(27-14-4-2-5-15-27)28-16-6-3-7-17-28/h2-23H,1,33H2/b23-22-. The molecule has 0 aliphatic heterocycles. The summed E-state index contributed by atoms with van der Waals surface area (Å²) in [5, 5.41) is 6.38. The Morgan fingerprint density at radius 2 is 1.24 bits per heavy atom. The molecule has 0 aromatic heterocycles. The quantitative estimate of drug-likeness (QED) is 0.287. The van der Waals surface area contributed by atoms with Gasteiger partial charge in [-0.25, -0.2) is 0 Å². The van der Waals surface area contributed by atoms with Crippen molar-refractivity contribution in [3.63, 3.8) is 0 Å². The molecule has 0 heterocycles. The van der Waals surface area contributed by atoms with Crippen molar-refractivity contribution in [1.82, 2.24) is 0 Å². The van der Waals surface area contributed by atoms with Gasteiger partial charge in [-0.1, -0.05) is 128 Å². The lowest BCUT2D eigenvalue weighted by Crippen LogP contribution is -2.23. The molecule has 5 aromatic rings. The Balaban J connectivity index is 1.82. The van der Waals surface area contributed by atoms with E-state index in [2.05, 4.69) is 122 Å². The third kappa shape index (κ3) is 4.19. The number of hydrogen-bond donors (Lipinski definition) is 1. The summed E-state index contributed by atoms with van der Waals surface area (Å²) in [5.74, 6) is 0. The fourth-order valence-electron chi connectivity index (χ4n) is 4.50. The average Bonchev–Trinajstić information content (AvgIpc) is 2.90. The minimum atomic E-state index is -0.784. The molecule has 0 bridgehead atoms. The number of nitrogens with two attached hydrogens (primary N) is 1. The first kappa shape index (κ1) is 21.9. The van der Waals surface area contributed by atoms with Crippen molar-refractivity contribution in [2.24, 2.45) is 5.73 Å². The van der Waals surface area contributed by atoms with Crippen molar-refractivity contribution >= 4 is 46.3 Å². The molecular weight excluding hydrogens is 429 g/mol. The Bertz CT molecular complexity index is 1430. The molecule has 5 aromatic carbocycles. The van der Waals surface area contributed by atoms with Gasteiger partial charge >= 0.3 is 0 Å². The summed E-state index contributed by atoms with van der Waals surface area (Å²) in [6.07, 6.45) is 3.54. The predicted octanol–water partition coefficient (Wildman–Crippen LogP) is 6.59. The van der Waals surface area contributed by atoms with Gasteiger partial charge in [0.1, 0.15) is 0 Å². The fourth-order valence-corrected chi connectivity index (χ4v) is 7.00. The number of hydrogen-bond acceptors (Lipinski definition) is 1.